The quantitative estimate of drug-likeness (QED) is 0.841. The normalized spacial score (nSPS) is 17.3. The van der Waals surface area contributed by atoms with E-state index >= 15 is 0 Å². The van der Waals surface area contributed by atoms with Crippen molar-refractivity contribution in [2.24, 2.45) is 4.99 Å². The summed E-state index contributed by atoms with van der Waals surface area (Å²) in [5.74, 6) is 0.807. The van der Waals surface area contributed by atoms with Gasteiger partial charge in [-0.3, -0.25) is 9.79 Å². The van der Waals surface area contributed by atoms with Crippen molar-refractivity contribution in [2.75, 3.05) is 19.6 Å². The molecule has 1 heterocycles. The lowest BCUT2D eigenvalue weighted by Crippen LogP contribution is -2.44. The fraction of sp³-hybridized carbons (Fsp3) is 0.467. The Morgan fingerprint density at radius 1 is 1.45 bits per heavy atom. The molecule has 1 aromatic carbocycles. The van der Waals surface area contributed by atoms with Crippen LogP contribution in [0.15, 0.2) is 35.3 Å². The molecule has 1 amide bonds. The molecule has 1 aliphatic heterocycles. The molecule has 0 aliphatic carbocycles. The van der Waals surface area contributed by atoms with Gasteiger partial charge in [-0.15, -0.1) is 0 Å². The molecule has 2 N–H and O–H groups in total. The summed E-state index contributed by atoms with van der Waals surface area (Å²) in [7, 11) is 0. The van der Waals surface area contributed by atoms with Gasteiger partial charge in [-0.05, 0) is 19.4 Å². The van der Waals surface area contributed by atoms with Gasteiger partial charge < -0.3 is 15.5 Å². The summed E-state index contributed by atoms with van der Waals surface area (Å²) in [4.78, 5) is 18.3. The second-order valence-corrected chi connectivity index (χ2v) is 4.98. The Hall–Kier alpha value is -2.04. The van der Waals surface area contributed by atoms with E-state index in [0.717, 1.165) is 18.1 Å². The molecule has 1 unspecified atom stereocenters. The van der Waals surface area contributed by atoms with E-state index in [9.17, 15) is 4.79 Å². The lowest BCUT2D eigenvalue weighted by Gasteiger charge is -2.21. The van der Waals surface area contributed by atoms with E-state index in [1.165, 1.54) is 0 Å². The van der Waals surface area contributed by atoms with Crippen molar-refractivity contribution >= 4 is 11.9 Å². The summed E-state index contributed by atoms with van der Waals surface area (Å²) in [6.07, 6.45) is 0. The van der Waals surface area contributed by atoms with E-state index in [4.69, 9.17) is 0 Å². The van der Waals surface area contributed by atoms with E-state index < -0.39 is 0 Å². The third-order valence-electron chi connectivity index (χ3n) is 3.26. The zero-order valence-corrected chi connectivity index (χ0v) is 12.1. The van der Waals surface area contributed by atoms with Gasteiger partial charge in [0.1, 0.15) is 0 Å². The second kappa shape index (κ2) is 6.93. The van der Waals surface area contributed by atoms with Gasteiger partial charge in [0, 0.05) is 19.1 Å². The van der Waals surface area contributed by atoms with E-state index in [-0.39, 0.29) is 12.5 Å². The first kappa shape index (κ1) is 14.4. The van der Waals surface area contributed by atoms with E-state index in [1.54, 1.807) is 0 Å². The predicted molar refractivity (Wildman–Crippen MR) is 80.4 cm³/mol. The van der Waals surface area contributed by atoms with Crippen LogP contribution in [0.1, 0.15) is 19.4 Å². The summed E-state index contributed by atoms with van der Waals surface area (Å²) in [6.45, 7) is 6.44. The van der Waals surface area contributed by atoms with Crippen LogP contribution in [0.3, 0.4) is 0 Å². The number of nitrogens with zero attached hydrogens (tertiary/aromatic N) is 2. The standard InChI is InChI=1S/C15H22N4O/c1-3-19(11-13-7-5-4-6-8-13)14(20)10-17-15-16-9-12(2)18-15/h4-8,12H,3,9-11H2,1-2H3,(H2,16,17,18). The van der Waals surface area contributed by atoms with E-state index in [0.29, 0.717) is 19.1 Å². The zero-order valence-electron chi connectivity index (χ0n) is 12.1. The van der Waals surface area contributed by atoms with Crippen LogP contribution in [0.5, 0.6) is 0 Å². The zero-order chi connectivity index (χ0) is 14.4. The highest BCUT2D eigenvalue weighted by Gasteiger charge is 2.15. The van der Waals surface area contributed by atoms with Crippen molar-refractivity contribution < 1.29 is 4.79 Å². The molecule has 0 aromatic heterocycles. The second-order valence-electron chi connectivity index (χ2n) is 4.98. The molecule has 1 atom stereocenters. The van der Waals surface area contributed by atoms with Crippen molar-refractivity contribution in [3.8, 4) is 0 Å². The lowest BCUT2D eigenvalue weighted by atomic mass is 10.2. The molecule has 5 nitrogen and oxygen atoms in total. The van der Waals surface area contributed by atoms with Gasteiger partial charge in [-0.25, -0.2) is 0 Å². The molecule has 0 saturated heterocycles. The average Bonchev–Trinajstić information content (AvgIpc) is 2.89. The first-order chi connectivity index (χ1) is 9.69. The maximum Gasteiger partial charge on any atom is 0.242 e. The third-order valence-corrected chi connectivity index (χ3v) is 3.26. The molecule has 108 valence electrons. The largest absolute Gasteiger partial charge is 0.352 e. The number of hydrogen-bond donors (Lipinski definition) is 2. The monoisotopic (exact) mass is 274 g/mol. The fourth-order valence-electron chi connectivity index (χ4n) is 2.11. The van der Waals surface area contributed by atoms with Crippen LogP contribution in [0, 0.1) is 0 Å². The third kappa shape index (κ3) is 3.98. The van der Waals surface area contributed by atoms with Gasteiger partial charge >= 0.3 is 0 Å². The summed E-state index contributed by atoms with van der Waals surface area (Å²) in [6, 6.07) is 10.4. The Morgan fingerprint density at radius 3 is 2.80 bits per heavy atom. The molecular formula is C15H22N4O. The van der Waals surface area contributed by atoms with Crippen molar-refractivity contribution in [2.45, 2.75) is 26.4 Å². The molecule has 0 saturated carbocycles. The Morgan fingerprint density at radius 2 is 2.20 bits per heavy atom. The lowest BCUT2D eigenvalue weighted by molar-refractivity contribution is -0.130. The Balaban J connectivity index is 1.83. The minimum Gasteiger partial charge on any atom is -0.352 e. The molecule has 0 fully saturated rings. The van der Waals surface area contributed by atoms with Crippen molar-refractivity contribution in [3.63, 3.8) is 0 Å². The maximum absolute atomic E-state index is 12.2. The summed E-state index contributed by atoms with van der Waals surface area (Å²) < 4.78 is 0. The number of amides is 1. The minimum atomic E-state index is 0.0837. The number of likely N-dealkylation sites (N-methyl/N-ethyl adjacent to an activating group) is 1. The van der Waals surface area contributed by atoms with Crippen LogP contribution < -0.4 is 10.6 Å². The first-order valence-electron chi connectivity index (χ1n) is 7.05. The molecule has 0 radical (unpaired) electrons. The van der Waals surface area contributed by atoms with Gasteiger partial charge in [0.15, 0.2) is 5.96 Å². The van der Waals surface area contributed by atoms with Gasteiger partial charge in [0.05, 0.1) is 13.1 Å². The predicted octanol–water partition coefficient (Wildman–Crippen LogP) is 0.972. The smallest absolute Gasteiger partial charge is 0.242 e. The van der Waals surface area contributed by atoms with Crippen molar-refractivity contribution in [1.82, 2.24) is 15.5 Å². The summed E-state index contributed by atoms with van der Waals surface area (Å²) in [5, 5.41) is 6.24. The Labute approximate surface area is 120 Å². The van der Waals surface area contributed by atoms with Gasteiger partial charge in [0.2, 0.25) is 5.91 Å². The Kier molecular flexibility index (Phi) is 4.98. The number of guanidine groups is 1. The van der Waals surface area contributed by atoms with Crippen molar-refractivity contribution in [1.29, 1.82) is 0 Å². The number of benzene rings is 1. The molecule has 1 aliphatic rings. The molecule has 0 spiro atoms. The highest BCUT2D eigenvalue weighted by Crippen LogP contribution is 2.04. The topological polar surface area (TPSA) is 56.7 Å². The van der Waals surface area contributed by atoms with Crippen LogP contribution in [-0.4, -0.2) is 42.4 Å². The number of hydrogen-bond acceptors (Lipinski definition) is 4. The maximum atomic E-state index is 12.2. The highest BCUT2D eigenvalue weighted by molar-refractivity contribution is 5.87. The van der Waals surface area contributed by atoms with E-state index in [2.05, 4.69) is 22.5 Å². The van der Waals surface area contributed by atoms with Crippen LogP contribution in [0.4, 0.5) is 0 Å². The molecule has 5 heteroatoms. The van der Waals surface area contributed by atoms with Crippen molar-refractivity contribution in [3.05, 3.63) is 35.9 Å². The number of aliphatic imine (C=N–C) groups is 1. The molecule has 1 aromatic rings. The number of carbonyl (C=O) groups excluding carboxylic acids is 1. The summed E-state index contributed by atoms with van der Waals surface area (Å²) >= 11 is 0. The number of rotatable bonds is 5. The fourth-order valence-corrected chi connectivity index (χ4v) is 2.11. The average molecular weight is 274 g/mol. The molecule has 2 rings (SSSR count). The van der Waals surface area contributed by atoms with Gasteiger partial charge in [-0.1, -0.05) is 30.3 Å². The van der Waals surface area contributed by atoms with Crippen LogP contribution in [-0.2, 0) is 11.3 Å². The van der Waals surface area contributed by atoms with Crippen LogP contribution >= 0.6 is 0 Å². The SMILES string of the molecule is CCN(Cc1ccccc1)C(=O)CNC1=NCC(C)N1. The molecular weight excluding hydrogens is 252 g/mol. The number of carbonyl (C=O) groups is 1. The van der Waals surface area contributed by atoms with Gasteiger partial charge in [-0.2, -0.15) is 0 Å². The van der Waals surface area contributed by atoms with Gasteiger partial charge in [0.25, 0.3) is 0 Å². The molecule has 0 bridgehead atoms. The number of nitrogens with one attached hydrogen (secondary N) is 2. The Bertz CT molecular complexity index is 472. The van der Waals surface area contributed by atoms with Crippen LogP contribution in [0.2, 0.25) is 0 Å². The van der Waals surface area contributed by atoms with E-state index in [1.807, 2.05) is 42.2 Å². The minimum absolute atomic E-state index is 0.0837. The molecule has 20 heavy (non-hydrogen) atoms. The summed E-state index contributed by atoms with van der Waals surface area (Å²) in [5.41, 5.74) is 1.15. The highest BCUT2D eigenvalue weighted by atomic mass is 16.2. The van der Waals surface area contributed by atoms with Crippen LogP contribution in [0.25, 0.3) is 0 Å². The first-order valence-corrected chi connectivity index (χ1v) is 7.05.